The lowest BCUT2D eigenvalue weighted by atomic mass is 10.1. The standard InChI is InChI=1S/C23H30N2O5/c1-18(23(27)24-14-7-15-28-2)25(16-19-10-12-20(29-3)13-11-19)22(26)17-30-21-8-5-4-6-9-21/h4-6,8-13,18H,7,14-17H2,1-3H3,(H,24,27)/t18-/m1/s1. The molecule has 2 amide bonds. The van der Waals surface area contributed by atoms with Crippen molar-refractivity contribution in [2.75, 3.05) is 34.0 Å². The lowest BCUT2D eigenvalue weighted by molar-refractivity contribution is -0.142. The number of para-hydroxylation sites is 1. The summed E-state index contributed by atoms with van der Waals surface area (Å²) < 4.78 is 15.8. The van der Waals surface area contributed by atoms with Gasteiger partial charge in [-0.25, -0.2) is 0 Å². The Morgan fingerprint density at radius 2 is 1.70 bits per heavy atom. The molecule has 0 spiro atoms. The predicted molar refractivity (Wildman–Crippen MR) is 114 cm³/mol. The highest BCUT2D eigenvalue weighted by atomic mass is 16.5. The molecule has 0 fully saturated rings. The zero-order valence-electron chi connectivity index (χ0n) is 17.8. The molecule has 0 aliphatic carbocycles. The molecule has 0 aromatic heterocycles. The van der Waals surface area contributed by atoms with Gasteiger partial charge in [-0.2, -0.15) is 0 Å². The zero-order chi connectivity index (χ0) is 21.8. The second kappa shape index (κ2) is 12.5. The number of carbonyl (C=O) groups is 2. The third kappa shape index (κ3) is 7.40. The van der Waals surface area contributed by atoms with E-state index < -0.39 is 6.04 Å². The van der Waals surface area contributed by atoms with Crippen LogP contribution in [0.5, 0.6) is 11.5 Å². The topological polar surface area (TPSA) is 77.1 Å². The SMILES string of the molecule is COCCCNC(=O)[C@@H](C)N(Cc1ccc(OC)cc1)C(=O)COc1ccccc1. The molecule has 1 N–H and O–H groups in total. The van der Waals surface area contributed by atoms with Gasteiger partial charge >= 0.3 is 0 Å². The van der Waals surface area contributed by atoms with E-state index in [0.29, 0.717) is 25.3 Å². The molecule has 7 heteroatoms. The van der Waals surface area contributed by atoms with Gasteiger partial charge in [-0.15, -0.1) is 0 Å². The van der Waals surface area contributed by atoms with Gasteiger partial charge in [0.25, 0.3) is 5.91 Å². The number of benzene rings is 2. The van der Waals surface area contributed by atoms with Gasteiger partial charge in [0.2, 0.25) is 5.91 Å². The van der Waals surface area contributed by atoms with Crippen molar-refractivity contribution in [3.8, 4) is 11.5 Å². The number of methoxy groups -OCH3 is 2. The van der Waals surface area contributed by atoms with Crippen LogP contribution in [0.4, 0.5) is 0 Å². The molecule has 30 heavy (non-hydrogen) atoms. The van der Waals surface area contributed by atoms with E-state index >= 15 is 0 Å². The maximum absolute atomic E-state index is 12.9. The van der Waals surface area contributed by atoms with Crippen LogP contribution in [0.1, 0.15) is 18.9 Å². The zero-order valence-corrected chi connectivity index (χ0v) is 17.8. The number of hydrogen-bond donors (Lipinski definition) is 1. The van der Waals surface area contributed by atoms with Crippen LogP contribution in [-0.2, 0) is 20.9 Å². The summed E-state index contributed by atoms with van der Waals surface area (Å²) in [5.41, 5.74) is 0.892. The molecule has 0 unspecified atom stereocenters. The Balaban J connectivity index is 2.07. The summed E-state index contributed by atoms with van der Waals surface area (Å²) in [5.74, 6) is 0.849. The molecule has 0 radical (unpaired) electrons. The van der Waals surface area contributed by atoms with Crippen molar-refractivity contribution in [1.82, 2.24) is 10.2 Å². The van der Waals surface area contributed by atoms with E-state index in [1.807, 2.05) is 42.5 Å². The van der Waals surface area contributed by atoms with Crippen molar-refractivity contribution < 1.29 is 23.8 Å². The summed E-state index contributed by atoms with van der Waals surface area (Å²) in [5, 5.41) is 2.86. The normalized spacial score (nSPS) is 11.4. The molecule has 1 atom stereocenters. The first-order valence-electron chi connectivity index (χ1n) is 9.92. The molecule has 2 rings (SSSR count). The average Bonchev–Trinajstić information content (AvgIpc) is 2.79. The Labute approximate surface area is 177 Å². The summed E-state index contributed by atoms with van der Waals surface area (Å²) in [7, 11) is 3.22. The lowest BCUT2D eigenvalue weighted by Gasteiger charge is -2.28. The maximum Gasteiger partial charge on any atom is 0.261 e. The molecule has 0 saturated carbocycles. The Morgan fingerprint density at radius 1 is 1.00 bits per heavy atom. The lowest BCUT2D eigenvalue weighted by Crippen LogP contribution is -2.49. The van der Waals surface area contributed by atoms with Crippen LogP contribution in [0.3, 0.4) is 0 Å². The summed E-state index contributed by atoms with van der Waals surface area (Å²) in [6, 6.07) is 15.9. The summed E-state index contributed by atoms with van der Waals surface area (Å²) >= 11 is 0. The van der Waals surface area contributed by atoms with E-state index in [-0.39, 0.29) is 25.0 Å². The molecule has 0 aliphatic rings. The minimum absolute atomic E-state index is 0.151. The second-order valence-corrected chi connectivity index (χ2v) is 6.78. The first-order chi connectivity index (χ1) is 14.5. The van der Waals surface area contributed by atoms with Crippen molar-refractivity contribution in [3.05, 3.63) is 60.2 Å². The van der Waals surface area contributed by atoms with E-state index in [0.717, 1.165) is 11.3 Å². The van der Waals surface area contributed by atoms with Crippen molar-refractivity contribution in [2.45, 2.75) is 25.9 Å². The smallest absolute Gasteiger partial charge is 0.261 e. The highest BCUT2D eigenvalue weighted by Crippen LogP contribution is 2.16. The minimum Gasteiger partial charge on any atom is -0.497 e. The van der Waals surface area contributed by atoms with Crippen LogP contribution in [0, 0.1) is 0 Å². The van der Waals surface area contributed by atoms with Crippen LogP contribution in [0.25, 0.3) is 0 Å². The molecular formula is C23H30N2O5. The molecule has 162 valence electrons. The number of rotatable bonds is 12. The minimum atomic E-state index is -0.651. The molecule has 0 heterocycles. The Morgan fingerprint density at radius 3 is 2.33 bits per heavy atom. The predicted octanol–water partition coefficient (Wildman–Crippen LogP) is 2.64. The Bertz CT molecular complexity index is 780. The third-order valence-corrected chi connectivity index (χ3v) is 4.61. The van der Waals surface area contributed by atoms with E-state index in [4.69, 9.17) is 14.2 Å². The van der Waals surface area contributed by atoms with E-state index in [1.54, 1.807) is 33.3 Å². The van der Waals surface area contributed by atoms with Gasteiger partial charge in [-0.05, 0) is 43.2 Å². The van der Waals surface area contributed by atoms with Crippen LogP contribution in [-0.4, -0.2) is 56.7 Å². The average molecular weight is 415 g/mol. The second-order valence-electron chi connectivity index (χ2n) is 6.78. The summed E-state index contributed by atoms with van der Waals surface area (Å²) in [6.45, 7) is 2.90. The molecule has 0 bridgehead atoms. The molecule has 0 saturated heterocycles. The van der Waals surface area contributed by atoms with Gasteiger partial charge in [0.15, 0.2) is 6.61 Å². The number of nitrogens with one attached hydrogen (secondary N) is 1. The van der Waals surface area contributed by atoms with Gasteiger partial charge in [0.1, 0.15) is 17.5 Å². The van der Waals surface area contributed by atoms with Gasteiger partial charge in [-0.1, -0.05) is 30.3 Å². The third-order valence-electron chi connectivity index (χ3n) is 4.61. The molecule has 0 aliphatic heterocycles. The van der Waals surface area contributed by atoms with Gasteiger partial charge in [0, 0.05) is 26.8 Å². The van der Waals surface area contributed by atoms with Crippen LogP contribution < -0.4 is 14.8 Å². The number of ether oxygens (including phenoxy) is 3. The molecule has 7 nitrogen and oxygen atoms in total. The summed E-state index contributed by atoms with van der Waals surface area (Å²) in [4.78, 5) is 27.1. The number of carbonyl (C=O) groups excluding carboxylic acids is 2. The van der Waals surface area contributed by atoms with Crippen molar-refractivity contribution >= 4 is 11.8 Å². The van der Waals surface area contributed by atoms with E-state index in [1.165, 1.54) is 4.90 Å². The monoisotopic (exact) mass is 414 g/mol. The van der Waals surface area contributed by atoms with Crippen LogP contribution >= 0.6 is 0 Å². The van der Waals surface area contributed by atoms with Crippen molar-refractivity contribution in [3.63, 3.8) is 0 Å². The first kappa shape index (κ1) is 23.2. The molecular weight excluding hydrogens is 384 g/mol. The number of amides is 2. The van der Waals surface area contributed by atoms with E-state index in [2.05, 4.69) is 5.32 Å². The summed E-state index contributed by atoms with van der Waals surface area (Å²) in [6.07, 6.45) is 0.707. The van der Waals surface area contributed by atoms with Gasteiger partial charge < -0.3 is 24.4 Å². The Kier molecular flexibility index (Phi) is 9.67. The van der Waals surface area contributed by atoms with Crippen LogP contribution in [0.15, 0.2) is 54.6 Å². The van der Waals surface area contributed by atoms with Crippen LogP contribution in [0.2, 0.25) is 0 Å². The van der Waals surface area contributed by atoms with Gasteiger partial charge in [0.05, 0.1) is 7.11 Å². The Hall–Kier alpha value is -3.06. The highest BCUT2D eigenvalue weighted by Gasteiger charge is 2.26. The number of hydrogen-bond acceptors (Lipinski definition) is 5. The maximum atomic E-state index is 12.9. The van der Waals surface area contributed by atoms with E-state index in [9.17, 15) is 9.59 Å². The molecule has 2 aromatic rings. The molecule has 2 aromatic carbocycles. The van der Waals surface area contributed by atoms with Crippen molar-refractivity contribution in [2.24, 2.45) is 0 Å². The van der Waals surface area contributed by atoms with Gasteiger partial charge in [-0.3, -0.25) is 9.59 Å². The fourth-order valence-electron chi connectivity index (χ4n) is 2.83. The fraction of sp³-hybridized carbons (Fsp3) is 0.391. The fourth-order valence-corrected chi connectivity index (χ4v) is 2.83. The first-order valence-corrected chi connectivity index (χ1v) is 9.92. The highest BCUT2D eigenvalue weighted by molar-refractivity contribution is 5.87. The van der Waals surface area contributed by atoms with Crippen molar-refractivity contribution in [1.29, 1.82) is 0 Å². The number of nitrogens with zero attached hydrogens (tertiary/aromatic N) is 1. The largest absolute Gasteiger partial charge is 0.497 e. The quantitative estimate of drug-likeness (QED) is 0.541.